The minimum Gasteiger partial charge on any atom is -0.465 e. The van der Waals surface area contributed by atoms with Crippen molar-refractivity contribution in [1.82, 2.24) is 0 Å². The predicted molar refractivity (Wildman–Crippen MR) is 98.2 cm³/mol. The van der Waals surface area contributed by atoms with Gasteiger partial charge in [-0.15, -0.1) is 11.8 Å². The van der Waals surface area contributed by atoms with Crippen LogP contribution in [0.2, 0.25) is 10.0 Å². The van der Waals surface area contributed by atoms with Gasteiger partial charge in [0.05, 0.1) is 17.7 Å². The van der Waals surface area contributed by atoms with Crippen molar-refractivity contribution in [2.75, 3.05) is 18.2 Å². The highest BCUT2D eigenvalue weighted by Gasteiger charge is 2.12. The fourth-order valence-corrected chi connectivity index (χ4v) is 3.06. The van der Waals surface area contributed by atoms with E-state index in [1.54, 1.807) is 23.9 Å². The molecule has 0 aliphatic rings. The van der Waals surface area contributed by atoms with E-state index in [9.17, 15) is 9.59 Å². The lowest BCUT2D eigenvalue weighted by molar-refractivity contribution is -0.115. The number of carbonyl (C=O) groups is 2. The summed E-state index contributed by atoms with van der Waals surface area (Å²) in [6.07, 6.45) is 0.337. The summed E-state index contributed by atoms with van der Waals surface area (Å²) in [4.78, 5) is 24.6. The van der Waals surface area contributed by atoms with Crippen LogP contribution in [0, 0.1) is 0 Å². The molecule has 1 N–H and O–H groups in total. The van der Waals surface area contributed by atoms with Gasteiger partial charge in [0.15, 0.2) is 0 Å². The van der Waals surface area contributed by atoms with Gasteiger partial charge in [-0.05, 0) is 42.5 Å². The number of thioether (sulfide) groups is 1. The molecule has 0 saturated heterocycles. The number of methoxy groups -OCH3 is 1. The lowest BCUT2D eigenvalue weighted by Gasteiger charge is -2.08. The van der Waals surface area contributed by atoms with Crippen LogP contribution in [0.15, 0.2) is 47.4 Å². The number of amides is 1. The molecule has 24 heavy (non-hydrogen) atoms. The molecule has 0 saturated carbocycles. The van der Waals surface area contributed by atoms with Gasteiger partial charge >= 0.3 is 5.97 Å². The smallest absolute Gasteiger partial charge is 0.339 e. The molecule has 0 bridgehead atoms. The quantitative estimate of drug-likeness (QED) is 0.569. The molecule has 0 fully saturated rings. The van der Waals surface area contributed by atoms with E-state index in [0.29, 0.717) is 22.9 Å². The fraction of sp³-hybridized carbons (Fsp3) is 0.176. The summed E-state index contributed by atoms with van der Waals surface area (Å²) in [5.74, 6) is -0.0609. The van der Waals surface area contributed by atoms with Crippen molar-refractivity contribution in [3.05, 3.63) is 58.1 Å². The molecule has 2 aromatic carbocycles. The molecular formula is C17H15Cl2NO3S. The van der Waals surface area contributed by atoms with E-state index in [2.05, 4.69) is 10.1 Å². The summed E-state index contributed by atoms with van der Waals surface area (Å²) in [5.41, 5.74) is 0.716. The number of carbonyl (C=O) groups excluding carboxylic acids is 2. The maximum Gasteiger partial charge on any atom is 0.339 e. The zero-order valence-corrected chi connectivity index (χ0v) is 15.2. The third-order valence-electron chi connectivity index (χ3n) is 3.07. The number of hydrogen-bond donors (Lipinski definition) is 1. The van der Waals surface area contributed by atoms with E-state index in [1.165, 1.54) is 13.2 Å². The number of ether oxygens (including phenoxy) is 1. The van der Waals surface area contributed by atoms with E-state index >= 15 is 0 Å². The number of benzene rings is 2. The van der Waals surface area contributed by atoms with Crippen LogP contribution >= 0.6 is 35.0 Å². The Hall–Kier alpha value is -1.69. The monoisotopic (exact) mass is 383 g/mol. The number of nitrogens with one attached hydrogen (secondary N) is 1. The Morgan fingerprint density at radius 3 is 2.50 bits per heavy atom. The van der Waals surface area contributed by atoms with Crippen LogP contribution < -0.4 is 5.32 Å². The summed E-state index contributed by atoms with van der Waals surface area (Å²) in [6, 6.07) is 12.1. The molecule has 2 aromatic rings. The van der Waals surface area contributed by atoms with Gasteiger partial charge in [-0.3, -0.25) is 4.79 Å². The lowest BCUT2D eigenvalue weighted by atomic mass is 10.2. The maximum atomic E-state index is 12.0. The Bertz CT molecular complexity index is 735. The second-order valence-corrected chi connectivity index (χ2v) is 6.80. The van der Waals surface area contributed by atoms with Gasteiger partial charge in [0.25, 0.3) is 0 Å². The van der Waals surface area contributed by atoms with Crippen molar-refractivity contribution >= 4 is 52.5 Å². The summed E-state index contributed by atoms with van der Waals surface area (Å²) in [6.45, 7) is 0. The standard InChI is InChI=1S/C17H15Cl2NO3S/c1-23-17(22)14-10-12(4-7-15(14)19)20-16(21)8-9-24-13-5-2-11(18)3-6-13/h2-7,10H,8-9H2,1H3,(H,20,21). The first-order valence-corrected chi connectivity index (χ1v) is 8.80. The summed E-state index contributed by atoms with van der Waals surface area (Å²) in [5, 5.41) is 3.70. The second kappa shape index (κ2) is 8.97. The van der Waals surface area contributed by atoms with Crippen LogP contribution in [-0.4, -0.2) is 24.7 Å². The van der Waals surface area contributed by atoms with Crippen LogP contribution in [0.5, 0.6) is 0 Å². The zero-order valence-electron chi connectivity index (χ0n) is 12.8. The molecule has 0 radical (unpaired) electrons. The highest BCUT2D eigenvalue weighted by molar-refractivity contribution is 7.99. The topological polar surface area (TPSA) is 55.4 Å². The molecule has 126 valence electrons. The van der Waals surface area contributed by atoms with Gasteiger partial charge < -0.3 is 10.1 Å². The first-order valence-electron chi connectivity index (χ1n) is 7.05. The fourth-order valence-electron chi connectivity index (χ4n) is 1.89. The van der Waals surface area contributed by atoms with Crippen molar-refractivity contribution in [1.29, 1.82) is 0 Å². The molecular weight excluding hydrogens is 369 g/mol. The summed E-state index contributed by atoms with van der Waals surface area (Å²) in [7, 11) is 1.28. The highest BCUT2D eigenvalue weighted by Crippen LogP contribution is 2.23. The third kappa shape index (κ3) is 5.44. The summed E-state index contributed by atoms with van der Waals surface area (Å²) < 4.78 is 4.65. The van der Waals surface area contributed by atoms with E-state index in [-0.39, 0.29) is 16.5 Å². The van der Waals surface area contributed by atoms with Crippen molar-refractivity contribution in [3.63, 3.8) is 0 Å². The average Bonchev–Trinajstić information content (AvgIpc) is 2.57. The molecule has 0 spiro atoms. The number of esters is 1. The Kier molecular flexibility index (Phi) is 6.97. The van der Waals surface area contributed by atoms with Crippen LogP contribution in [0.3, 0.4) is 0 Å². The SMILES string of the molecule is COC(=O)c1cc(NC(=O)CCSc2ccc(Cl)cc2)ccc1Cl. The first kappa shape index (κ1) is 18.6. The lowest BCUT2D eigenvalue weighted by Crippen LogP contribution is -2.13. The van der Waals surface area contributed by atoms with E-state index < -0.39 is 5.97 Å². The van der Waals surface area contributed by atoms with Crippen LogP contribution in [0.25, 0.3) is 0 Å². The molecule has 0 aromatic heterocycles. The van der Waals surface area contributed by atoms with Crippen LogP contribution in [0.1, 0.15) is 16.8 Å². The van der Waals surface area contributed by atoms with Gasteiger partial charge in [-0.2, -0.15) is 0 Å². The second-order valence-electron chi connectivity index (χ2n) is 4.79. The van der Waals surface area contributed by atoms with Gasteiger partial charge in [0.1, 0.15) is 0 Å². The number of anilines is 1. The highest BCUT2D eigenvalue weighted by atomic mass is 35.5. The molecule has 4 nitrogen and oxygen atoms in total. The third-order valence-corrected chi connectivity index (χ3v) is 4.66. The van der Waals surface area contributed by atoms with E-state index in [1.807, 2.05) is 24.3 Å². The predicted octanol–water partition coefficient (Wildman–Crippen LogP) is 4.90. The summed E-state index contributed by atoms with van der Waals surface area (Å²) >= 11 is 13.3. The van der Waals surface area contributed by atoms with Crippen molar-refractivity contribution in [3.8, 4) is 0 Å². The Morgan fingerprint density at radius 1 is 1.12 bits per heavy atom. The largest absolute Gasteiger partial charge is 0.465 e. The zero-order chi connectivity index (χ0) is 17.5. The molecule has 7 heteroatoms. The number of hydrogen-bond acceptors (Lipinski definition) is 4. The normalized spacial score (nSPS) is 10.3. The molecule has 0 aliphatic heterocycles. The molecule has 1 amide bonds. The van der Waals surface area contributed by atoms with Crippen molar-refractivity contribution < 1.29 is 14.3 Å². The first-order chi connectivity index (χ1) is 11.5. The van der Waals surface area contributed by atoms with Crippen LogP contribution in [-0.2, 0) is 9.53 Å². The molecule has 0 aliphatic carbocycles. The number of halogens is 2. The minimum absolute atomic E-state index is 0.144. The molecule has 0 unspecified atom stereocenters. The minimum atomic E-state index is -0.547. The Balaban J connectivity index is 1.88. The number of rotatable bonds is 6. The van der Waals surface area contributed by atoms with Gasteiger partial charge in [-0.25, -0.2) is 4.79 Å². The van der Waals surface area contributed by atoms with Crippen molar-refractivity contribution in [2.24, 2.45) is 0 Å². The Morgan fingerprint density at radius 2 is 1.83 bits per heavy atom. The maximum absolute atomic E-state index is 12.0. The average molecular weight is 384 g/mol. The van der Waals surface area contributed by atoms with E-state index in [0.717, 1.165) is 4.90 Å². The Labute approximate surface area is 154 Å². The van der Waals surface area contributed by atoms with Gasteiger partial charge in [-0.1, -0.05) is 23.2 Å². The van der Waals surface area contributed by atoms with Crippen molar-refractivity contribution in [2.45, 2.75) is 11.3 Å². The van der Waals surface area contributed by atoms with Crippen LogP contribution in [0.4, 0.5) is 5.69 Å². The van der Waals surface area contributed by atoms with E-state index in [4.69, 9.17) is 23.2 Å². The molecule has 0 atom stereocenters. The van der Waals surface area contributed by atoms with Gasteiger partial charge in [0.2, 0.25) is 5.91 Å². The molecule has 2 rings (SSSR count). The van der Waals surface area contributed by atoms with Gasteiger partial charge in [0, 0.05) is 27.8 Å². The molecule has 0 heterocycles.